The SMILES string of the molecule is C=C(CNC)CN(CC)CCCN(C)C. The molecule has 0 aliphatic heterocycles. The van der Waals surface area contributed by atoms with Crippen LogP contribution in [0.15, 0.2) is 12.2 Å². The molecule has 0 rings (SSSR count). The summed E-state index contributed by atoms with van der Waals surface area (Å²) >= 11 is 0. The Morgan fingerprint density at radius 1 is 1.27 bits per heavy atom. The van der Waals surface area contributed by atoms with Crippen LogP contribution >= 0.6 is 0 Å². The fourth-order valence-electron chi connectivity index (χ4n) is 1.58. The third-order valence-corrected chi connectivity index (χ3v) is 2.40. The highest BCUT2D eigenvalue weighted by Gasteiger charge is 2.03. The smallest absolute Gasteiger partial charge is 0.0202 e. The van der Waals surface area contributed by atoms with Gasteiger partial charge in [-0.15, -0.1) is 0 Å². The molecule has 0 aromatic heterocycles. The van der Waals surface area contributed by atoms with Gasteiger partial charge in [0, 0.05) is 13.1 Å². The van der Waals surface area contributed by atoms with Gasteiger partial charge >= 0.3 is 0 Å². The topological polar surface area (TPSA) is 18.5 Å². The van der Waals surface area contributed by atoms with Crippen LogP contribution in [-0.2, 0) is 0 Å². The van der Waals surface area contributed by atoms with Crippen molar-refractivity contribution in [3.05, 3.63) is 12.2 Å². The van der Waals surface area contributed by atoms with Crippen molar-refractivity contribution in [1.29, 1.82) is 0 Å². The Kier molecular flexibility index (Phi) is 8.67. The second kappa shape index (κ2) is 8.89. The third-order valence-electron chi connectivity index (χ3n) is 2.40. The third kappa shape index (κ3) is 8.60. The predicted molar refractivity (Wildman–Crippen MR) is 68.4 cm³/mol. The maximum atomic E-state index is 4.06. The molecular formula is C12H27N3. The zero-order valence-electron chi connectivity index (χ0n) is 10.8. The first-order valence-corrected chi connectivity index (χ1v) is 5.78. The number of hydrogen-bond donors (Lipinski definition) is 1. The molecule has 0 amide bonds. The highest BCUT2D eigenvalue weighted by molar-refractivity contribution is 4.99. The maximum Gasteiger partial charge on any atom is 0.0202 e. The maximum absolute atomic E-state index is 4.06. The van der Waals surface area contributed by atoms with Crippen LogP contribution in [0.25, 0.3) is 0 Å². The molecule has 1 N–H and O–H groups in total. The molecule has 0 aliphatic rings. The van der Waals surface area contributed by atoms with Gasteiger partial charge in [0.1, 0.15) is 0 Å². The summed E-state index contributed by atoms with van der Waals surface area (Å²) in [7, 11) is 6.21. The van der Waals surface area contributed by atoms with E-state index in [4.69, 9.17) is 0 Å². The van der Waals surface area contributed by atoms with Gasteiger partial charge in [-0.1, -0.05) is 13.5 Å². The van der Waals surface area contributed by atoms with Gasteiger partial charge in [0.25, 0.3) is 0 Å². The summed E-state index contributed by atoms with van der Waals surface area (Å²) in [5, 5.41) is 3.14. The van der Waals surface area contributed by atoms with Crippen LogP contribution < -0.4 is 5.32 Å². The van der Waals surface area contributed by atoms with E-state index in [-0.39, 0.29) is 0 Å². The average Bonchev–Trinajstić information content (AvgIpc) is 2.16. The Labute approximate surface area is 95.1 Å². The number of rotatable bonds is 9. The summed E-state index contributed by atoms with van der Waals surface area (Å²) < 4.78 is 0. The molecular weight excluding hydrogens is 186 g/mol. The van der Waals surface area contributed by atoms with Crippen molar-refractivity contribution in [2.45, 2.75) is 13.3 Å². The van der Waals surface area contributed by atoms with E-state index < -0.39 is 0 Å². The van der Waals surface area contributed by atoms with E-state index in [1.807, 2.05) is 7.05 Å². The highest BCUT2D eigenvalue weighted by Crippen LogP contribution is 1.98. The Bertz CT molecular complexity index is 166. The molecule has 3 heteroatoms. The predicted octanol–water partition coefficient (Wildman–Crippen LogP) is 1.04. The van der Waals surface area contributed by atoms with Crippen LogP contribution in [0.1, 0.15) is 13.3 Å². The van der Waals surface area contributed by atoms with Crippen molar-refractivity contribution in [2.24, 2.45) is 0 Å². The van der Waals surface area contributed by atoms with Crippen LogP contribution in [0.3, 0.4) is 0 Å². The van der Waals surface area contributed by atoms with E-state index in [9.17, 15) is 0 Å². The minimum Gasteiger partial charge on any atom is -0.316 e. The van der Waals surface area contributed by atoms with Crippen molar-refractivity contribution in [3.8, 4) is 0 Å². The molecule has 90 valence electrons. The molecule has 0 radical (unpaired) electrons. The quantitative estimate of drug-likeness (QED) is 0.577. The Hall–Kier alpha value is -0.380. The minimum absolute atomic E-state index is 0.921. The zero-order chi connectivity index (χ0) is 11.7. The molecule has 0 aliphatic carbocycles. The lowest BCUT2D eigenvalue weighted by Crippen LogP contribution is -2.30. The minimum atomic E-state index is 0.921. The molecule has 0 unspecified atom stereocenters. The van der Waals surface area contributed by atoms with Gasteiger partial charge in [-0.05, 0) is 52.8 Å². The summed E-state index contributed by atoms with van der Waals surface area (Å²) in [5.41, 5.74) is 1.27. The second-order valence-electron chi connectivity index (χ2n) is 4.31. The summed E-state index contributed by atoms with van der Waals surface area (Å²) in [6.07, 6.45) is 1.23. The first-order chi connectivity index (χ1) is 7.10. The van der Waals surface area contributed by atoms with Crippen molar-refractivity contribution in [2.75, 3.05) is 53.9 Å². The molecule has 0 aromatic rings. The van der Waals surface area contributed by atoms with E-state index in [0.29, 0.717) is 0 Å². The Morgan fingerprint density at radius 3 is 2.40 bits per heavy atom. The number of hydrogen-bond acceptors (Lipinski definition) is 3. The molecule has 0 atom stereocenters. The van der Waals surface area contributed by atoms with Gasteiger partial charge in [0.05, 0.1) is 0 Å². The van der Waals surface area contributed by atoms with Crippen LogP contribution in [0, 0.1) is 0 Å². The second-order valence-corrected chi connectivity index (χ2v) is 4.31. The fraction of sp³-hybridized carbons (Fsp3) is 0.833. The molecule has 0 fully saturated rings. The summed E-state index contributed by atoms with van der Waals surface area (Å²) in [6, 6.07) is 0. The summed E-state index contributed by atoms with van der Waals surface area (Å²) in [4.78, 5) is 4.68. The lowest BCUT2D eigenvalue weighted by molar-refractivity contribution is 0.283. The lowest BCUT2D eigenvalue weighted by Gasteiger charge is -2.22. The Morgan fingerprint density at radius 2 is 1.93 bits per heavy atom. The normalized spacial score (nSPS) is 11.3. The van der Waals surface area contributed by atoms with Crippen LogP contribution in [0.4, 0.5) is 0 Å². The summed E-state index contributed by atoms with van der Waals surface area (Å²) in [5.74, 6) is 0. The highest BCUT2D eigenvalue weighted by atomic mass is 15.1. The number of nitrogens with one attached hydrogen (secondary N) is 1. The van der Waals surface area contributed by atoms with Crippen molar-refractivity contribution in [3.63, 3.8) is 0 Å². The van der Waals surface area contributed by atoms with E-state index >= 15 is 0 Å². The van der Waals surface area contributed by atoms with Crippen molar-refractivity contribution in [1.82, 2.24) is 15.1 Å². The lowest BCUT2D eigenvalue weighted by atomic mass is 10.2. The first-order valence-electron chi connectivity index (χ1n) is 5.78. The first kappa shape index (κ1) is 14.6. The van der Waals surface area contributed by atoms with Crippen molar-refractivity contribution >= 4 is 0 Å². The van der Waals surface area contributed by atoms with Gasteiger partial charge in [0.2, 0.25) is 0 Å². The molecule has 0 heterocycles. The molecule has 0 saturated carbocycles. The van der Waals surface area contributed by atoms with Gasteiger partial charge in [-0.2, -0.15) is 0 Å². The standard InChI is InChI=1S/C12H27N3/c1-6-15(9-7-8-14(4)5)11-12(2)10-13-3/h13H,2,6-11H2,1,3-5H3. The molecule has 0 aromatic carbocycles. The van der Waals surface area contributed by atoms with E-state index in [1.54, 1.807) is 0 Å². The fourth-order valence-corrected chi connectivity index (χ4v) is 1.58. The van der Waals surface area contributed by atoms with Crippen LogP contribution in [-0.4, -0.2) is 63.7 Å². The Balaban J connectivity index is 3.67. The van der Waals surface area contributed by atoms with Crippen LogP contribution in [0.5, 0.6) is 0 Å². The number of nitrogens with zero attached hydrogens (tertiary/aromatic N) is 2. The molecule has 15 heavy (non-hydrogen) atoms. The van der Waals surface area contributed by atoms with Gasteiger partial charge in [-0.3, -0.25) is 4.90 Å². The van der Waals surface area contributed by atoms with E-state index in [0.717, 1.165) is 32.7 Å². The summed E-state index contributed by atoms with van der Waals surface area (Å²) in [6.45, 7) is 11.6. The number of likely N-dealkylation sites (N-methyl/N-ethyl adjacent to an activating group) is 2. The molecule has 0 spiro atoms. The van der Waals surface area contributed by atoms with E-state index in [1.165, 1.54) is 12.0 Å². The van der Waals surface area contributed by atoms with Gasteiger partial charge < -0.3 is 10.2 Å². The zero-order valence-corrected chi connectivity index (χ0v) is 10.8. The monoisotopic (exact) mass is 213 g/mol. The molecule has 0 saturated heterocycles. The largest absolute Gasteiger partial charge is 0.316 e. The molecule has 0 bridgehead atoms. The van der Waals surface area contributed by atoms with E-state index in [2.05, 4.69) is 42.7 Å². The van der Waals surface area contributed by atoms with Gasteiger partial charge in [-0.25, -0.2) is 0 Å². The van der Waals surface area contributed by atoms with Gasteiger partial charge in [0.15, 0.2) is 0 Å². The van der Waals surface area contributed by atoms with Crippen molar-refractivity contribution < 1.29 is 0 Å². The molecule has 3 nitrogen and oxygen atoms in total. The average molecular weight is 213 g/mol. The van der Waals surface area contributed by atoms with Crippen LogP contribution in [0.2, 0.25) is 0 Å².